The predicted molar refractivity (Wildman–Crippen MR) is 55.9 cm³/mol. The number of nitrogens with one attached hydrogen (secondary N) is 1. The first-order valence-corrected chi connectivity index (χ1v) is 6.39. The van der Waals surface area contributed by atoms with Crippen molar-refractivity contribution in [3.05, 3.63) is 17.5 Å². The molecule has 1 aromatic heterocycles. The standard InChI is InChI=1S/C8H14N4O2S/c1-6-10-7(2)12-8(11-6)4-5-9-15(3,13)14/h9H,4-5H2,1-3H3. The summed E-state index contributed by atoms with van der Waals surface area (Å²) in [7, 11) is -3.14. The smallest absolute Gasteiger partial charge is 0.208 e. The SMILES string of the molecule is Cc1nc(C)nc(CCNS(C)(=O)=O)n1. The molecule has 0 radical (unpaired) electrons. The van der Waals surface area contributed by atoms with Gasteiger partial charge >= 0.3 is 0 Å². The average Bonchev–Trinajstić information content (AvgIpc) is 1.99. The van der Waals surface area contributed by atoms with E-state index in [0.29, 0.717) is 30.4 Å². The van der Waals surface area contributed by atoms with Crippen LogP contribution in [0.2, 0.25) is 0 Å². The van der Waals surface area contributed by atoms with E-state index in [4.69, 9.17) is 0 Å². The molecule has 0 atom stereocenters. The number of hydrogen-bond donors (Lipinski definition) is 1. The van der Waals surface area contributed by atoms with Crippen LogP contribution >= 0.6 is 0 Å². The van der Waals surface area contributed by atoms with Gasteiger partial charge in [0, 0.05) is 13.0 Å². The molecule has 1 aromatic rings. The molecule has 0 bridgehead atoms. The maximum Gasteiger partial charge on any atom is 0.208 e. The van der Waals surface area contributed by atoms with E-state index in [1.165, 1.54) is 0 Å². The van der Waals surface area contributed by atoms with Gasteiger partial charge in [-0.15, -0.1) is 0 Å². The number of hydrogen-bond acceptors (Lipinski definition) is 5. The van der Waals surface area contributed by atoms with Gasteiger partial charge in [0.05, 0.1) is 6.26 Å². The van der Waals surface area contributed by atoms with Crippen molar-refractivity contribution in [3.8, 4) is 0 Å². The molecule has 0 spiro atoms. The van der Waals surface area contributed by atoms with Crippen molar-refractivity contribution < 1.29 is 8.42 Å². The minimum absolute atomic E-state index is 0.307. The first kappa shape index (κ1) is 12.0. The lowest BCUT2D eigenvalue weighted by Gasteiger charge is -2.03. The molecule has 1 rings (SSSR count). The van der Waals surface area contributed by atoms with Crippen LogP contribution in [0, 0.1) is 13.8 Å². The van der Waals surface area contributed by atoms with Gasteiger partial charge in [0.15, 0.2) is 0 Å². The Labute approximate surface area is 89.2 Å². The molecule has 7 heteroatoms. The second kappa shape index (κ2) is 4.63. The third-order valence-electron chi connectivity index (χ3n) is 1.62. The van der Waals surface area contributed by atoms with Gasteiger partial charge in [-0.05, 0) is 13.8 Å². The Morgan fingerprint density at radius 1 is 1.13 bits per heavy atom. The molecular formula is C8H14N4O2S. The van der Waals surface area contributed by atoms with Crippen LogP contribution in [0.1, 0.15) is 17.5 Å². The molecule has 6 nitrogen and oxygen atoms in total. The molecule has 0 aliphatic heterocycles. The van der Waals surface area contributed by atoms with Gasteiger partial charge in [0.2, 0.25) is 10.0 Å². The van der Waals surface area contributed by atoms with Crippen LogP contribution in [0.3, 0.4) is 0 Å². The van der Waals surface area contributed by atoms with Gasteiger partial charge in [-0.2, -0.15) is 0 Å². The molecule has 0 saturated heterocycles. The monoisotopic (exact) mass is 230 g/mol. The lowest BCUT2D eigenvalue weighted by atomic mass is 10.4. The molecular weight excluding hydrogens is 216 g/mol. The highest BCUT2D eigenvalue weighted by Crippen LogP contribution is 1.94. The summed E-state index contributed by atoms with van der Waals surface area (Å²) in [5.74, 6) is 1.91. The molecule has 0 aliphatic carbocycles. The van der Waals surface area contributed by atoms with Gasteiger partial charge in [0.25, 0.3) is 0 Å². The van der Waals surface area contributed by atoms with E-state index in [-0.39, 0.29) is 0 Å². The second-order valence-corrected chi connectivity index (χ2v) is 5.10. The fraction of sp³-hybridized carbons (Fsp3) is 0.625. The van der Waals surface area contributed by atoms with Crippen LogP contribution in [-0.4, -0.2) is 36.2 Å². The lowest BCUT2D eigenvalue weighted by molar-refractivity contribution is 0.587. The molecule has 0 fully saturated rings. The summed E-state index contributed by atoms with van der Waals surface area (Å²) in [6.45, 7) is 3.87. The highest BCUT2D eigenvalue weighted by Gasteiger charge is 2.03. The average molecular weight is 230 g/mol. The second-order valence-electron chi connectivity index (χ2n) is 3.26. The predicted octanol–water partition coefficient (Wildman–Crippen LogP) is -0.420. The minimum Gasteiger partial charge on any atom is -0.219 e. The molecule has 0 unspecified atom stereocenters. The van der Waals surface area contributed by atoms with E-state index in [1.807, 2.05) is 0 Å². The Morgan fingerprint density at radius 2 is 1.67 bits per heavy atom. The van der Waals surface area contributed by atoms with Gasteiger partial charge < -0.3 is 0 Å². The fourth-order valence-corrected chi connectivity index (χ4v) is 1.62. The summed E-state index contributed by atoms with van der Waals surface area (Å²) in [5, 5.41) is 0. The zero-order valence-electron chi connectivity index (χ0n) is 8.98. The van der Waals surface area contributed by atoms with Crippen molar-refractivity contribution in [3.63, 3.8) is 0 Å². The van der Waals surface area contributed by atoms with E-state index in [9.17, 15) is 8.42 Å². The fourth-order valence-electron chi connectivity index (χ4n) is 1.14. The highest BCUT2D eigenvalue weighted by atomic mass is 32.2. The van der Waals surface area contributed by atoms with Crippen LogP contribution in [0.4, 0.5) is 0 Å². The summed E-state index contributed by atoms with van der Waals surface area (Å²) < 4.78 is 24.0. The Bertz CT molecular complexity index is 424. The van der Waals surface area contributed by atoms with Gasteiger partial charge in [0.1, 0.15) is 17.5 Å². The summed E-state index contributed by atoms with van der Waals surface area (Å²) in [5.41, 5.74) is 0. The third kappa shape index (κ3) is 4.80. The highest BCUT2D eigenvalue weighted by molar-refractivity contribution is 7.88. The van der Waals surface area contributed by atoms with Gasteiger partial charge in [-0.3, -0.25) is 0 Å². The lowest BCUT2D eigenvalue weighted by Crippen LogP contribution is -2.25. The van der Waals surface area contributed by atoms with Crippen LogP contribution < -0.4 is 4.72 Å². The first-order chi connectivity index (χ1) is 6.87. The molecule has 1 N–H and O–H groups in total. The number of aryl methyl sites for hydroxylation is 2. The van der Waals surface area contributed by atoms with Crippen molar-refractivity contribution in [2.24, 2.45) is 0 Å². The molecule has 1 heterocycles. The maximum atomic E-state index is 10.8. The summed E-state index contributed by atoms with van der Waals surface area (Å²) in [6, 6.07) is 0. The topological polar surface area (TPSA) is 84.8 Å². The number of nitrogens with zero attached hydrogens (tertiary/aromatic N) is 3. The molecule has 0 saturated carbocycles. The molecule has 15 heavy (non-hydrogen) atoms. The summed E-state index contributed by atoms with van der Waals surface area (Å²) in [6.07, 6.45) is 1.59. The van der Waals surface area contributed by atoms with E-state index < -0.39 is 10.0 Å². The van der Waals surface area contributed by atoms with Crippen LogP contribution in [0.15, 0.2) is 0 Å². The van der Waals surface area contributed by atoms with Gasteiger partial charge in [-0.1, -0.05) is 0 Å². The molecule has 0 aromatic carbocycles. The normalized spacial score (nSPS) is 11.7. The number of aromatic nitrogens is 3. The van der Waals surface area contributed by atoms with Gasteiger partial charge in [-0.25, -0.2) is 28.1 Å². The van der Waals surface area contributed by atoms with E-state index in [1.54, 1.807) is 13.8 Å². The van der Waals surface area contributed by atoms with E-state index in [0.717, 1.165) is 6.26 Å². The zero-order chi connectivity index (χ0) is 11.5. The number of rotatable bonds is 4. The molecule has 0 aliphatic rings. The Balaban J connectivity index is 2.58. The van der Waals surface area contributed by atoms with Crippen molar-refractivity contribution in [2.75, 3.05) is 12.8 Å². The van der Waals surface area contributed by atoms with Crippen molar-refractivity contribution in [2.45, 2.75) is 20.3 Å². The van der Waals surface area contributed by atoms with Crippen LogP contribution in [-0.2, 0) is 16.4 Å². The maximum absolute atomic E-state index is 10.8. The third-order valence-corrected chi connectivity index (χ3v) is 2.35. The zero-order valence-corrected chi connectivity index (χ0v) is 9.80. The van der Waals surface area contributed by atoms with Crippen molar-refractivity contribution >= 4 is 10.0 Å². The van der Waals surface area contributed by atoms with Crippen LogP contribution in [0.25, 0.3) is 0 Å². The Morgan fingerprint density at radius 3 is 2.13 bits per heavy atom. The minimum atomic E-state index is -3.14. The first-order valence-electron chi connectivity index (χ1n) is 4.49. The quantitative estimate of drug-likeness (QED) is 0.759. The van der Waals surface area contributed by atoms with E-state index >= 15 is 0 Å². The van der Waals surface area contributed by atoms with E-state index in [2.05, 4.69) is 19.7 Å². The molecule has 84 valence electrons. The van der Waals surface area contributed by atoms with Crippen molar-refractivity contribution in [1.82, 2.24) is 19.7 Å². The Hall–Kier alpha value is -1.08. The number of sulfonamides is 1. The largest absolute Gasteiger partial charge is 0.219 e. The molecule has 0 amide bonds. The Kier molecular flexibility index (Phi) is 3.70. The summed E-state index contributed by atoms with van der Waals surface area (Å²) in [4.78, 5) is 12.2. The van der Waals surface area contributed by atoms with Crippen molar-refractivity contribution in [1.29, 1.82) is 0 Å². The van der Waals surface area contributed by atoms with Crippen LogP contribution in [0.5, 0.6) is 0 Å². The summed E-state index contributed by atoms with van der Waals surface area (Å²) >= 11 is 0.